The Hall–Kier alpha value is -2.15. The van der Waals surface area contributed by atoms with Gasteiger partial charge in [-0.1, -0.05) is 5.16 Å². The summed E-state index contributed by atoms with van der Waals surface area (Å²) in [5.74, 6) is 2.61. The molecule has 2 aromatic heterocycles. The number of hydrogen-bond donors (Lipinski definition) is 1. The van der Waals surface area contributed by atoms with Crippen LogP contribution < -0.4 is 10.2 Å². The fourth-order valence-electron chi connectivity index (χ4n) is 2.84. The van der Waals surface area contributed by atoms with Crippen molar-refractivity contribution in [3.8, 4) is 0 Å². The average molecular weight is 316 g/mol. The summed E-state index contributed by atoms with van der Waals surface area (Å²) in [6.07, 6.45) is 1.82. The first kappa shape index (κ1) is 15.7. The maximum absolute atomic E-state index is 5.25. The minimum atomic E-state index is 0.806. The van der Waals surface area contributed by atoms with Crippen LogP contribution in [0.5, 0.6) is 0 Å². The molecule has 0 aliphatic carbocycles. The van der Waals surface area contributed by atoms with Crippen molar-refractivity contribution in [1.29, 1.82) is 0 Å². The number of piperazine rings is 1. The number of aromatic nitrogens is 3. The molecule has 0 amide bonds. The number of nitrogens with zero attached hydrogens (tertiary/aromatic N) is 5. The van der Waals surface area contributed by atoms with E-state index in [1.54, 1.807) is 0 Å². The molecule has 0 spiro atoms. The van der Waals surface area contributed by atoms with Crippen LogP contribution in [-0.2, 0) is 6.54 Å². The largest absolute Gasteiger partial charge is 0.370 e. The fourth-order valence-corrected chi connectivity index (χ4v) is 2.84. The second-order valence-electron chi connectivity index (χ2n) is 5.84. The summed E-state index contributed by atoms with van der Waals surface area (Å²) in [6, 6.07) is 1.90. The maximum Gasteiger partial charge on any atom is 0.227 e. The molecule has 1 fully saturated rings. The van der Waals surface area contributed by atoms with E-state index in [1.165, 1.54) is 5.56 Å². The number of aryl methyl sites for hydroxylation is 2. The molecule has 0 saturated carbocycles. The molecule has 7 nitrogen and oxygen atoms in total. The summed E-state index contributed by atoms with van der Waals surface area (Å²) in [5.41, 5.74) is 2.20. The van der Waals surface area contributed by atoms with E-state index in [1.807, 2.05) is 26.1 Å². The molecule has 0 radical (unpaired) electrons. The van der Waals surface area contributed by atoms with Crippen LogP contribution in [0, 0.1) is 13.8 Å². The summed E-state index contributed by atoms with van der Waals surface area (Å²) < 4.78 is 5.25. The van der Waals surface area contributed by atoms with E-state index in [-0.39, 0.29) is 0 Å². The summed E-state index contributed by atoms with van der Waals surface area (Å²) in [4.78, 5) is 13.6. The first-order valence-corrected chi connectivity index (χ1v) is 8.13. The van der Waals surface area contributed by atoms with E-state index in [0.717, 1.165) is 62.5 Å². The van der Waals surface area contributed by atoms with Crippen LogP contribution >= 0.6 is 0 Å². The second-order valence-corrected chi connectivity index (χ2v) is 5.84. The van der Waals surface area contributed by atoms with Gasteiger partial charge >= 0.3 is 0 Å². The molecule has 1 aliphatic heterocycles. The Morgan fingerprint density at radius 1 is 1.22 bits per heavy atom. The Balaban J connectivity index is 1.59. The van der Waals surface area contributed by atoms with Gasteiger partial charge in [0.15, 0.2) is 0 Å². The molecular formula is C16H24N6O. The van der Waals surface area contributed by atoms with Crippen LogP contribution in [0.15, 0.2) is 16.8 Å². The van der Waals surface area contributed by atoms with E-state index in [2.05, 4.69) is 37.2 Å². The van der Waals surface area contributed by atoms with Crippen molar-refractivity contribution in [1.82, 2.24) is 20.0 Å². The van der Waals surface area contributed by atoms with Crippen molar-refractivity contribution in [2.75, 3.05) is 42.9 Å². The molecular weight excluding hydrogens is 292 g/mol. The molecule has 23 heavy (non-hydrogen) atoms. The Morgan fingerprint density at radius 2 is 2.00 bits per heavy atom. The molecule has 7 heteroatoms. The van der Waals surface area contributed by atoms with E-state index in [0.29, 0.717) is 0 Å². The lowest BCUT2D eigenvalue weighted by atomic mass is 10.2. The standard InChI is InChI=1S/C16H24N6O/c1-4-17-15-5-6-18-16(19-15)22-9-7-21(8-10-22)11-14-12(2)20-23-13(14)3/h5-6H,4,7-11H2,1-3H3,(H,17,18,19). The van der Waals surface area contributed by atoms with Gasteiger partial charge in [0.1, 0.15) is 11.6 Å². The maximum atomic E-state index is 5.25. The van der Waals surface area contributed by atoms with Crippen LogP contribution in [0.2, 0.25) is 0 Å². The Kier molecular flexibility index (Phi) is 4.76. The zero-order valence-corrected chi connectivity index (χ0v) is 14.0. The van der Waals surface area contributed by atoms with Gasteiger partial charge in [-0.05, 0) is 26.8 Å². The molecule has 1 saturated heterocycles. The molecule has 124 valence electrons. The number of rotatable bonds is 5. The summed E-state index contributed by atoms with van der Waals surface area (Å²) >= 11 is 0. The van der Waals surface area contributed by atoms with Crippen molar-refractivity contribution in [2.45, 2.75) is 27.3 Å². The topological polar surface area (TPSA) is 70.3 Å². The van der Waals surface area contributed by atoms with Gasteiger partial charge in [-0.2, -0.15) is 4.98 Å². The highest BCUT2D eigenvalue weighted by atomic mass is 16.5. The number of nitrogens with one attached hydrogen (secondary N) is 1. The number of hydrogen-bond acceptors (Lipinski definition) is 7. The summed E-state index contributed by atoms with van der Waals surface area (Å²) in [6.45, 7) is 11.6. The molecule has 0 unspecified atom stereocenters. The molecule has 3 rings (SSSR count). The zero-order chi connectivity index (χ0) is 16.2. The van der Waals surface area contributed by atoms with Crippen molar-refractivity contribution in [3.05, 3.63) is 29.3 Å². The van der Waals surface area contributed by atoms with Crippen LogP contribution in [0.4, 0.5) is 11.8 Å². The molecule has 2 aromatic rings. The highest BCUT2D eigenvalue weighted by Gasteiger charge is 2.21. The van der Waals surface area contributed by atoms with Crippen LogP contribution in [0.25, 0.3) is 0 Å². The van der Waals surface area contributed by atoms with Gasteiger partial charge in [0.05, 0.1) is 5.69 Å². The lowest BCUT2D eigenvalue weighted by Crippen LogP contribution is -2.46. The molecule has 3 heterocycles. The van der Waals surface area contributed by atoms with Crippen molar-refractivity contribution in [3.63, 3.8) is 0 Å². The predicted octanol–water partition coefficient (Wildman–Crippen LogP) is 1.84. The predicted molar refractivity (Wildman–Crippen MR) is 89.7 cm³/mol. The smallest absolute Gasteiger partial charge is 0.227 e. The van der Waals surface area contributed by atoms with E-state index >= 15 is 0 Å². The number of anilines is 2. The zero-order valence-electron chi connectivity index (χ0n) is 14.0. The van der Waals surface area contributed by atoms with Gasteiger partial charge in [0, 0.05) is 51.0 Å². The lowest BCUT2D eigenvalue weighted by Gasteiger charge is -2.34. The molecule has 1 N–H and O–H groups in total. The Bertz CT molecular complexity index is 628. The van der Waals surface area contributed by atoms with Gasteiger partial charge in [-0.25, -0.2) is 4.98 Å². The first-order chi connectivity index (χ1) is 11.2. The monoisotopic (exact) mass is 316 g/mol. The second kappa shape index (κ2) is 6.95. The Labute approximate surface area is 136 Å². The van der Waals surface area contributed by atoms with Gasteiger partial charge in [-0.15, -0.1) is 0 Å². The third kappa shape index (κ3) is 3.61. The summed E-state index contributed by atoms with van der Waals surface area (Å²) in [7, 11) is 0. The summed E-state index contributed by atoms with van der Waals surface area (Å²) in [5, 5.41) is 7.26. The van der Waals surface area contributed by atoms with Crippen LogP contribution in [0.3, 0.4) is 0 Å². The van der Waals surface area contributed by atoms with Gasteiger partial charge in [0.25, 0.3) is 0 Å². The van der Waals surface area contributed by atoms with E-state index in [4.69, 9.17) is 4.52 Å². The fraction of sp³-hybridized carbons (Fsp3) is 0.562. The molecule has 0 aromatic carbocycles. The van der Waals surface area contributed by atoms with Gasteiger partial charge in [-0.3, -0.25) is 4.90 Å². The lowest BCUT2D eigenvalue weighted by molar-refractivity contribution is 0.247. The third-order valence-corrected chi connectivity index (χ3v) is 4.22. The van der Waals surface area contributed by atoms with E-state index in [9.17, 15) is 0 Å². The van der Waals surface area contributed by atoms with E-state index < -0.39 is 0 Å². The average Bonchev–Trinajstić information content (AvgIpc) is 2.88. The van der Waals surface area contributed by atoms with Gasteiger partial charge in [0.2, 0.25) is 5.95 Å². The van der Waals surface area contributed by atoms with Crippen molar-refractivity contribution < 1.29 is 4.52 Å². The quantitative estimate of drug-likeness (QED) is 0.902. The third-order valence-electron chi connectivity index (χ3n) is 4.22. The SMILES string of the molecule is CCNc1ccnc(N2CCN(Cc3c(C)noc3C)CC2)n1. The van der Waals surface area contributed by atoms with Crippen molar-refractivity contribution in [2.24, 2.45) is 0 Å². The highest BCUT2D eigenvalue weighted by Crippen LogP contribution is 2.18. The van der Waals surface area contributed by atoms with Gasteiger partial charge < -0.3 is 14.7 Å². The molecule has 0 atom stereocenters. The van der Waals surface area contributed by atoms with Crippen LogP contribution in [0.1, 0.15) is 23.9 Å². The molecule has 0 bridgehead atoms. The minimum absolute atomic E-state index is 0.806. The first-order valence-electron chi connectivity index (χ1n) is 8.13. The Morgan fingerprint density at radius 3 is 2.65 bits per heavy atom. The minimum Gasteiger partial charge on any atom is -0.370 e. The molecule has 1 aliphatic rings. The van der Waals surface area contributed by atoms with Crippen molar-refractivity contribution >= 4 is 11.8 Å². The normalized spacial score (nSPS) is 15.9. The van der Waals surface area contributed by atoms with Crippen LogP contribution in [-0.4, -0.2) is 52.7 Å². The highest BCUT2D eigenvalue weighted by molar-refractivity contribution is 5.41.